The predicted molar refractivity (Wildman–Crippen MR) is 96.1 cm³/mol. The van der Waals surface area contributed by atoms with Crippen molar-refractivity contribution in [2.45, 2.75) is 25.8 Å². The van der Waals surface area contributed by atoms with E-state index in [2.05, 4.69) is 35.7 Å². The number of fused-ring (bicyclic) bond motifs is 1. The number of nitrogens with one attached hydrogen (secondary N) is 4. The van der Waals surface area contributed by atoms with Gasteiger partial charge >= 0.3 is 11.7 Å². The minimum atomic E-state index is -0.522. The highest BCUT2D eigenvalue weighted by Crippen LogP contribution is 2.22. The summed E-state index contributed by atoms with van der Waals surface area (Å²) in [5, 5.41) is 19.9. The molecule has 0 saturated heterocycles. The molecule has 5 N–H and O–H groups in total. The van der Waals surface area contributed by atoms with E-state index in [-0.39, 0.29) is 23.6 Å². The zero-order valence-electron chi connectivity index (χ0n) is 14.5. The summed E-state index contributed by atoms with van der Waals surface area (Å²) in [5.41, 5.74) is 0.691. The summed E-state index contributed by atoms with van der Waals surface area (Å²) in [6.07, 6.45) is 5.12. The van der Waals surface area contributed by atoms with E-state index in [1.165, 1.54) is 0 Å². The molecule has 27 heavy (non-hydrogen) atoms. The predicted octanol–water partition coefficient (Wildman–Crippen LogP) is -0.796. The fourth-order valence-corrected chi connectivity index (χ4v) is 2.58. The number of hydrogen-bond donors (Lipinski definition) is 5. The van der Waals surface area contributed by atoms with E-state index < -0.39 is 5.69 Å². The third-order valence-electron chi connectivity index (χ3n) is 3.96. The maximum Gasteiger partial charge on any atom is 0.326 e. The summed E-state index contributed by atoms with van der Waals surface area (Å²) in [6, 6.07) is 1.53. The van der Waals surface area contributed by atoms with E-state index in [4.69, 9.17) is 0 Å². The van der Waals surface area contributed by atoms with E-state index in [1.54, 1.807) is 22.9 Å². The molecule has 0 aromatic carbocycles. The minimum Gasteiger partial charge on any atom is -0.493 e. The third kappa shape index (κ3) is 3.52. The number of nitrogens with zero attached hydrogens (tertiary/aromatic N) is 4. The molecule has 140 valence electrons. The average molecular weight is 370 g/mol. The highest BCUT2D eigenvalue weighted by Gasteiger charge is 2.20. The van der Waals surface area contributed by atoms with Crippen molar-refractivity contribution in [2.24, 2.45) is 4.99 Å². The van der Waals surface area contributed by atoms with Crippen LogP contribution in [-0.4, -0.2) is 48.3 Å². The molecule has 0 bridgehead atoms. The number of anilines is 1. The number of carbonyl (C=O) groups excluding carboxylic acids is 1. The summed E-state index contributed by atoms with van der Waals surface area (Å²) in [6.45, 7) is 2.30. The van der Waals surface area contributed by atoms with Crippen LogP contribution in [0.2, 0.25) is 0 Å². The van der Waals surface area contributed by atoms with Crippen molar-refractivity contribution in [3.63, 3.8) is 0 Å². The van der Waals surface area contributed by atoms with Crippen LogP contribution in [0, 0.1) is 0 Å². The van der Waals surface area contributed by atoms with Gasteiger partial charge in [-0.3, -0.25) is 15.3 Å². The molecule has 3 aromatic rings. The van der Waals surface area contributed by atoms with Crippen LogP contribution in [0.4, 0.5) is 10.6 Å². The number of amides is 2. The van der Waals surface area contributed by atoms with E-state index in [0.717, 1.165) is 12.8 Å². The average Bonchev–Trinajstić information content (AvgIpc) is 3.24. The molecule has 0 radical (unpaired) electrons. The molecule has 1 saturated carbocycles. The van der Waals surface area contributed by atoms with Crippen LogP contribution in [-0.2, 0) is 0 Å². The maximum atomic E-state index is 11.9. The Hall–Kier alpha value is -3.63. The second-order valence-electron chi connectivity index (χ2n) is 6.17. The van der Waals surface area contributed by atoms with Gasteiger partial charge in [0.25, 0.3) is 0 Å². The number of carbonyl (C=O) groups is 1. The topological polar surface area (TPSA) is 153 Å². The van der Waals surface area contributed by atoms with Gasteiger partial charge in [0.2, 0.25) is 5.88 Å². The first-order valence-electron chi connectivity index (χ1n) is 8.54. The molecule has 11 nitrogen and oxygen atoms in total. The number of rotatable bonds is 4. The highest BCUT2D eigenvalue weighted by molar-refractivity contribution is 5.88. The Balaban J connectivity index is 1.88. The standard InChI is InChI=1S/C16H18N8O3/c1-2-17-15(26)22-11-6-12(19-9-3-4-9)24-13(21-11)8(7-18-24)5-10-14(25)23-16(27)20-10/h5-7,9,25H,2-4H2,1H3,(H2,17,22,26)(H2,20,23,27)/b8-5-,19-12?. The normalized spacial score (nSPS) is 15.4. The number of imidazole rings is 1. The lowest BCUT2D eigenvalue weighted by molar-refractivity contribution is 0.252. The molecule has 0 unspecified atom stereocenters. The Kier molecular flexibility index (Phi) is 4.11. The summed E-state index contributed by atoms with van der Waals surface area (Å²) in [7, 11) is 0. The van der Waals surface area contributed by atoms with Crippen molar-refractivity contribution in [1.82, 2.24) is 29.9 Å². The molecule has 1 aliphatic carbocycles. The lowest BCUT2D eigenvalue weighted by atomic mass is 10.3. The molecular weight excluding hydrogens is 352 g/mol. The zero-order chi connectivity index (χ0) is 19.0. The quantitative estimate of drug-likeness (QED) is 0.407. The van der Waals surface area contributed by atoms with Gasteiger partial charge in [-0.1, -0.05) is 0 Å². The Morgan fingerprint density at radius 3 is 2.96 bits per heavy atom. The molecule has 1 fully saturated rings. The van der Waals surface area contributed by atoms with Crippen molar-refractivity contribution >= 4 is 23.6 Å². The number of urea groups is 1. The summed E-state index contributed by atoms with van der Waals surface area (Å²) in [5.74, 6) is 0.0497. The van der Waals surface area contributed by atoms with Crippen molar-refractivity contribution in [3.8, 4) is 5.88 Å². The Labute approximate surface area is 151 Å². The molecule has 2 amide bonds. The maximum absolute atomic E-state index is 11.9. The van der Waals surface area contributed by atoms with Crippen LogP contribution < -0.4 is 27.0 Å². The van der Waals surface area contributed by atoms with Gasteiger partial charge in [0.1, 0.15) is 11.5 Å². The van der Waals surface area contributed by atoms with Crippen LogP contribution >= 0.6 is 0 Å². The molecule has 4 rings (SSSR count). The van der Waals surface area contributed by atoms with Crippen molar-refractivity contribution in [3.05, 3.63) is 39.1 Å². The third-order valence-corrected chi connectivity index (χ3v) is 3.96. The Morgan fingerprint density at radius 2 is 2.30 bits per heavy atom. The Bertz CT molecular complexity index is 1180. The number of aromatic hydroxyl groups is 1. The minimum absolute atomic E-state index is 0.208. The molecule has 3 heterocycles. The van der Waals surface area contributed by atoms with Crippen LogP contribution in [0.3, 0.4) is 0 Å². The van der Waals surface area contributed by atoms with Gasteiger partial charge in [0, 0.05) is 17.8 Å². The van der Waals surface area contributed by atoms with Crippen LogP contribution in [0.25, 0.3) is 11.7 Å². The van der Waals surface area contributed by atoms with E-state index >= 15 is 0 Å². The first kappa shape index (κ1) is 16.8. The monoisotopic (exact) mass is 370 g/mol. The van der Waals surface area contributed by atoms with Gasteiger partial charge < -0.3 is 15.4 Å². The smallest absolute Gasteiger partial charge is 0.326 e. The number of aromatic nitrogens is 5. The van der Waals surface area contributed by atoms with Crippen molar-refractivity contribution < 1.29 is 9.90 Å². The van der Waals surface area contributed by atoms with Gasteiger partial charge in [0.15, 0.2) is 11.1 Å². The summed E-state index contributed by atoms with van der Waals surface area (Å²) >= 11 is 0. The fraction of sp³-hybridized carbons (Fsp3) is 0.312. The van der Waals surface area contributed by atoms with Crippen LogP contribution in [0.15, 0.2) is 22.1 Å². The SMILES string of the molecule is CCNC(=O)Nc1cc(=NC2CC2)n2nc/c(=C/c3[nH]c(=O)[nH]c3O)c2n1. The lowest BCUT2D eigenvalue weighted by Crippen LogP contribution is -2.30. The van der Waals surface area contributed by atoms with Gasteiger partial charge in [-0.15, -0.1) is 0 Å². The molecule has 3 aromatic heterocycles. The lowest BCUT2D eigenvalue weighted by Gasteiger charge is -2.05. The van der Waals surface area contributed by atoms with Gasteiger partial charge in [-0.05, 0) is 25.8 Å². The first-order chi connectivity index (χ1) is 13.0. The molecular formula is C16H18N8O3. The van der Waals surface area contributed by atoms with Gasteiger partial charge in [-0.25, -0.2) is 14.6 Å². The second-order valence-corrected chi connectivity index (χ2v) is 6.17. The Morgan fingerprint density at radius 1 is 1.48 bits per heavy atom. The second kappa shape index (κ2) is 6.59. The highest BCUT2D eigenvalue weighted by atomic mass is 16.3. The molecule has 0 atom stereocenters. The van der Waals surface area contributed by atoms with E-state index in [0.29, 0.717) is 28.7 Å². The van der Waals surface area contributed by atoms with Crippen LogP contribution in [0.5, 0.6) is 5.88 Å². The van der Waals surface area contributed by atoms with Gasteiger partial charge in [-0.2, -0.15) is 9.61 Å². The molecule has 0 spiro atoms. The number of H-pyrrole nitrogens is 2. The van der Waals surface area contributed by atoms with Crippen molar-refractivity contribution in [2.75, 3.05) is 11.9 Å². The van der Waals surface area contributed by atoms with Crippen molar-refractivity contribution in [1.29, 1.82) is 0 Å². The van der Waals surface area contributed by atoms with Crippen LogP contribution in [0.1, 0.15) is 25.5 Å². The fourth-order valence-electron chi connectivity index (χ4n) is 2.58. The van der Waals surface area contributed by atoms with Gasteiger partial charge in [0.05, 0.1) is 12.2 Å². The molecule has 0 aliphatic heterocycles. The van der Waals surface area contributed by atoms with E-state index in [9.17, 15) is 14.7 Å². The van der Waals surface area contributed by atoms with E-state index in [1.807, 2.05) is 6.92 Å². The summed E-state index contributed by atoms with van der Waals surface area (Å²) < 4.78 is 1.56. The molecule has 1 aliphatic rings. The first-order valence-corrected chi connectivity index (χ1v) is 8.54. The number of hydrogen-bond acceptors (Lipinski definition) is 6. The molecule has 11 heteroatoms. The largest absolute Gasteiger partial charge is 0.493 e. The zero-order valence-corrected chi connectivity index (χ0v) is 14.5. The summed E-state index contributed by atoms with van der Waals surface area (Å²) in [4.78, 5) is 37.0. The number of aromatic amines is 2.